The van der Waals surface area contributed by atoms with Crippen LogP contribution < -0.4 is 5.32 Å². The zero-order chi connectivity index (χ0) is 18.6. The number of tetrazole rings is 1. The molecule has 3 aromatic rings. The van der Waals surface area contributed by atoms with Gasteiger partial charge >= 0.3 is 0 Å². The molecule has 0 aliphatic heterocycles. The normalized spacial score (nSPS) is 19.6. The average Bonchev–Trinajstić information content (AvgIpc) is 3.19. The Hall–Kier alpha value is -2.80. The lowest BCUT2D eigenvalue weighted by atomic mass is 9.90. The van der Waals surface area contributed by atoms with Crippen molar-refractivity contribution in [1.29, 1.82) is 0 Å². The summed E-state index contributed by atoms with van der Waals surface area (Å²) in [5.41, 5.74) is 1.23. The number of rotatable bonds is 4. The first-order chi connectivity index (χ1) is 13.2. The largest absolute Gasteiger partial charge is 0.346 e. The van der Waals surface area contributed by atoms with E-state index in [1.807, 2.05) is 30.3 Å². The van der Waals surface area contributed by atoms with E-state index in [1.165, 1.54) is 0 Å². The summed E-state index contributed by atoms with van der Waals surface area (Å²) in [6, 6.07) is 14.6. The van der Waals surface area contributed by atoms with E-state index in [0.717, 1.165) is 31.2 Å². The molecular formula is C19H19ClN6O. The van der Waals surface area contributed by atoms with Crippen molar-refractivity contribution >= 4 is 17.5 Å². The van der Waals surface area contributed by atoms with E-state index in [0.29, 0.717) is 16.7 Å². The fourth-order valence-electron chi connectivity index (χ4n) is 3.40. The van der Waals surface area contributed by atoms with Gasteiger partial charge in [-0.05, 0) is 30.2 Å². The third-order valence-corrected chi connectivity index (χ3v) is 4.96. The molecule has 0 bridgehead atoms. The predicted molar refractivity (Wildman–Crippen MR) is 101 cm³/mol. The minimum Gasteiger partial charge on any atom is -0.346 e. The molecule has 1 aliphatic rings. The van der Waals surface area contributed by atoms with Crippen LogP contribution in [-0.4, -0.2) is 37.1 Å². The molecule has 0 radical (unpaired) electrons. The van der Waals surface area contributed by atoms with E-state index >= 15 is 0 Å². The van der Waals surface area contributed by atoms with Gasteiger partial charge in [0.05, 0.1) is 12.1 Å². The highest BCUT2D eigenvalue weighted by Crippen LogP contribution is 2.28. The monoisotopic (exact) mass is 382 g/mol. The fraction of sp³-hybridized carbons (Fsp3) is 0.316. The zero-order valence-corrected chi connectivity index (χ0v) is 15.4. The summed E-state index contributed by atoms with van der Waals surface area (Å²) in [5.74, 6) is 0.348. The van der Waals surface area contributed by atoms with Crippen molar-refractivity contribution in [2.75, 3.05) is 0 Å². The van der Waals surface area contributed by atoms with Gasteiger partial charge in [0.1, 0.15) is 10.8 Å². The number of nitrogens with one attached hydrogen (secondary N) is 1. The molecule has 4 rings (SSSR count). The topological polar surface area (TPSA) is 85.6 Å². The van der Waals surface area contributed by atoms with Crippen LogP contribution in [0.1, 0.15) is 42.2 Å². The van der Waals surface area contributed by atoms with Gasteiger partial charge in [-0.3, -0.25) is 4.79 Å². The van der Waals surface area contributed by atoms with Gasteiger partial charge in [0.15, 0.2) is 0 Å². The molecule has 2 heterocycles. The SMILES string of the molecule is O=C(N[C@H]1CCCC[C@@H]1n1nnc(-c2ccccc2)n1)c1cccc(Cl)n1. The lowest BCUT2D eigenvalue weighted by Crippen LogP contribution is -2.44. The van der Waals surface area contributed by atoms with Crippen molar-refractivity contribution in [3.8, 4) is 11.4 Å². The Labute approximate surface area is 161 Å². The number of nitrogens with zero attached hydrogens (tertiary/aromatic N) is 5. The first kappa shape index (κ1) is 17.6. The lowest BCUT2D eigenvalue weighted by Gasteiger charge is -2.30. The standard InChI is InChI=1S/C19H19ClN6O/c20-17-12-6-10-15(21-17)19(27)22-14-9-4-5-11-16(14)26-24-18(23-25-26)13-7-2-1-3-8-13/h1-3,6-8,10,12,14,16H,4-5,9,11H2,(H,22,27)/t14-,16-/m0/s1. The molecule has 0 saturated heterocycles. The summed E-state index contributed by atoms with van der Waals surface area (Å²) in [6.07, 6.45) is 3.86. The Bertz CT molecular complexity index is 929. The van der Waals surface area contributed by atoms with Crippen molar-refractivity contribution in [2.24, 2.45) is 0 Å². The van der Waals surface area contributed by atoms with Crippen LogP contribution in [0.15, 0.2) is 48.5 Å². The maximum atomic E-state index is 12.6. The van der Waals surface area contributed by atoms with E-state index in [1.54, 1.807) is 23.0 Å². The summed E-state index contributed by atoms with van der Waals surface area (Å²) < 4.78 is 0. The van der Waals surface area contributed by atoms with E-state index in [9.17, 15) is 4.79 Å². The summed E-state index contributed by atoms with van der Waals surface area (Å²) in [6.45, 7) is 0. The highest BCUT2D eigenvalue weighted by molar-refractivity contribution is 6.29. The fourth-order valence-corrected chi connectivity index (χ4v) is 3.57. The van der Waals surface area contributed by atoms with Crippen molar-refractivity contribution in [2.45, 2.75) is 37.8 Å². The number of amides is 1. The van der Waals surface area contributed by atoms with Gasteiger partial charge in [0.2, 0.25) is 5.82 Å². The molecule has 2 aromatic heterocycles. The molecule has 8 heteroatoms. The Balaban J connectivity index is 1.53. The molecule has 1 aliphatic carbocycles. The number of pyridine rings is 1. The quantitative estimate of drug-likeness (QED) is 0.699. The van der Waals surface area contributed by atoms with Crippen LogP contribution in [-0.2, 0) is 0 Å². The number of hydrogen-bond acceptors (Lipinski definition) is 5. The van der Waals surface area contributed by atoms with Gasteiger partial charge < -0.3 is 5.32 Å². The smallest absolute Gasteiger partial charge is 0.270 e. The Kier molecular flexibility index (Phi) is 5.11. The third-order valence-electron chi connectivity index (χ3n) is 4.75. The van der Waals surface area contributed by atoms with Crippen molar-refractivity contribution in [1.82, 2.24) is 30.5 Å². The maximum absolute atomic E-state index is 12.6. The highest BCUT2D eigenvalue weighted by atomic mass is 35.5. The molecule has 1 fully saturated rings. The molecule has 0 unspecified atom stereocenters. The summed E-state index contributed by atoms with van der Waals surface area (Å²) in [5, 5.41) is 16.4. The Morgan fingerprint density at radius 2 is 1.89 bits per heavy atom. The van der Waals surface area contributed by atoms with Gasteiger partial charge in [0, 0.05) is 5.56 Å². The van der Waals surface area contributed by atoms with E-state index < -0.39 is 0 Å². The molecular weight excluding hydrogens is 364 g/mol. The first-order valence-electron chi connectivity index (χ1n) is 8.99. The van der Waals surface area contributed by atoms with Crippen LogP contribution >= 0.6 is 11.6 Å². The summed E-state index contributed by atoms with van der Waals surface area (Å²) >= 11 is 5.89. The van der Waals surface area contributed by atoms with Gasteiger partial charge in [-0.25, -0.2) is 4.98 Å². The van der Waals surface area contributed by atoms with E-state index in [2.05, 4.69) is 25.7 Å². The number of aromatic nitrogens is 5. The van der Waals surface area contributed by atoms with Crippen molar-refractivity contribution < 1.29 is 4.79 Å². The van der Waals surface area contributed by atoms with Crippen LogP contribution in [0.2, 0.25) is 5.15 Å². The number of carbonyl (C=O) groups excluding carboxylic acids is 1. The highest BCUT2D eigenvalue weighted by Gasteiger charge is 2.30. The van der Waals surface area contributed by atoms with E-state index in [-0.39, 0.29) is 18.0 Å². The van der Waals surface area contributed by atoms with E-state index in [4.69, 9.17) is 11.6 Å². The molecule has 1 N–H and O–H groups in total. The molecule has 1 saturated carbocycles. The average molecular weight is 383 g/mol. The molecule has 138 valence electrons. The molecule has 1 amide bonds. The Morgan fingerprint density at radius 3 is 2.70 bits per heavy atom. The van der Waals surface area contributed by atoms with Gasteiger partial charge in [-0.2, -0.15) is 4.80 Å². The predicted octanol–water partition coefficient (Wildman–Crippen LogP) is 3.30. The molecule has 7 nitrogen and oxygen atoms in total. The zero-order valence-electron chi connectivity index (χ0n) is 14.6. The maximum Gasteiger partial charge on any atom is 0.270 e. The van der Waals surface area contributed by atoms with Crippen LogP contribution in [0, 0.1) is 0 Å². The molecule has 2 atom stereocenters. The van der Waals surface area contributed by atoms with Gasteiger partial charge in [0.25, 0.3) is 5.91 Å². The number of hydrogen-bond donors (Lipinski definition) is 1. The van der Waals surface area contributed by atoms with Crippen molar-refractivity contribution in [3.63, 3.8) is 0 Å². The molecule has 27 heavy (non-hydrogen) atoms. The second-order valence-electron chi connectivity index (χ2n) is 6.58. The summed E-state index contributed by atoms with van der Waals surface area (Å²) in [7, 11) is 0. The lowest BCUT2D eigenvalue weighted by molar-refractivity contribution is 0.0895. The minimum atomic E-state index is -0.238. The van der Waals surface area contributed by atoms with Crippen LogP contribution in [0.4, 0.5) is 0 Å². The number of carbonyl (C=O) groups is 1. The number of halogens is 1. The molecule has 1 aromatic carbocycles. The van der Waals surface area contributed by atoms with Crippen molar-refractivity contribution in [3.05, 3.63) is 59.4 Å². The van der Waals surface area contributed by atoms with Crippen LogP contribution in [0.5, 0.6) is 0 Å². The number of benzene rings is 1. The second-order valence-corrected chi connectivity index (χ2v) is 6.96. The third kappa shape index (κ3) is 3.98. The van der Waals surface area contributed by atoms with Gasteiger partial charge in [-0.1, -0.05) is 60.8 Å². The van der Waals surface area contributed by atoms with Gasteiger partial charge in [-0.15, -0.1) is 10.2 Å². The second kappa shape index (κ2) is 7.84. The van der Waals surface area contributed by atoms with Crippen LogP contribution in [0.25, 0.3) is 11.4 Å². The minimum absolute atomic E-state index is 0.0353. The first-order valence-corrected chi connectivity index (χ1v) is 9.37. The summed E-state index contributed by atoms with van der Waals surface area (Å²) in [4.78, 5) is 18.3. The Morgan fingerprint density at radius 1 is 1.07 bits per heavy atom. The molecule has 0 spiro atoms. The van der Waals surface area contributed by atoms with Crippen LogP contribution in [0.3, 0.4) is 0 Å².